The van der Waals surface area contributed by atoms with Gasteiger partial charge in [-0.25, -0.2) is 8.42 Å². The van der Waals surface area contributed by atoms with Gasteiger partial charge in [0.05, 0.1) is 12.3 Å². The lowest BCUT2D eigenvalue weighted by atomic mass is 10.3. The van der Waals surface area contributed by atoms with Crippen molar-refractivity contribution < 1.29 is 23.1 Å². The summed E-state index contributed by atoms with van der Waals surface area (Å²) < 4.78 is 24.6. The zero-order chi connectivity index (χ0) is 15.1. The number of rotatable bonds is 9. The van der Waals surface area contributed by atoms with E-state index < -0.39 is 16.0 Å². The molecule has 0 atom stereocenters. The standard InChI is InChI=1S/C11H22N2O5S/c1-4-13(5-2)10(14)9-12(3)19(17,18)8-6-7-11(15)16/h4-9H2,1-3H3,(H,15,16). The molecule has 0 aromatic rings. The highest BCUT2D eigenvalue weighted by Crippen LogP contribution is 2.04. The smallest absolute Gasteiger partial charge is 0.303 e. The molecule has 1 amide bonds. The number of carboxylic acids is 1. The maximum absolute atomic E-state index is 11.8. The van der Waals surface area contributed by atoms with E-state index in [1.54, 1.807) is 4.90 Å². The summed E-state index contributed by atoms with van der Waals surface area (Å²) in [5.74, 6) is -1.55. The minimum Gasteiger partial charge on any atom is -0.481 e. The molecule has 0 aliphatic heterocycles. The van der Waals surface area contributed by atoms with E-state index in [4.69, 9.17) is 5.11 Å². The van der Waals surface area contributed by atoms with Crippen LogP contribution in [-0.2, 0) is 19.6 Å². The van der Waals surface area contributed by atoms with Crippen LogP contribution in [0.15, 0.2) is 0 Å². The largest absolute Gasteiger partial charge is 0.481 e. The van der Waals surface area contributed by atoms with Gasteiger partial charge in [-0.2, -0.15) is 4.31 Å². The Labute approximate surface area is 114 Å². The SMILES string of the molecule is CCN(CC)C(=O)CN(C)S(=O)(=O)CCCC(=O)O. The predicted molar refractivity (Wildman–Crippen MR) is 71.2 cm³/mol. The number of carbonyl (C=O) groups is 2. The van der Waals surface area contributed by atoms with Crippen LogP contribution in [0.1, 0.15) is 26.7 Å². The third kappa shape index (κ3) is 6.53. The summed E-state index contributed by atoms with van der Waals surface area (Å²) in [5, 5.41) is 8.46. The van der Waals surface area contributed by atoms with Gasteiger partial charge in [-0.15, -0.1) is 0 Å². The van der Waals surface area contributed by atoms with Crippen molar-refractivity contribution in [3.05, 3.63) is 0 Å². The monoisotopic (exact) mass is 294 g/mol. The van der Waals surface area contributed by atoms with Crippen LogP contribution in [0.4, 0.5) is 0 Å². The average molecular weight is 294 g/mol. The number of carbonyl (C=O) groups excluding carboxylic acids is 1. The first-order valence-electron chi connectivity index (χ1n) is 6.18. The Morgan fingerprint density at radius 2 is 1.68 bits per heavy atom. The lowest BCUT2D eigenvalue weighted by Crippen LogP contribution is -2.41. The van der Waals surface area contributed by atoms with Crippen LogP contribution in [0.25, 0.3) is 0 Å². The van der Waals surface area contributed by atoms with Gasteiger partial charge in [-0.05, 0) is 20.3 Å². The molecule has 0 rings (SSSR count). The second-order valence-electron chi connectivity index (χ2n) is 4.14. The molecule has 0 aromatic heterocycles. The first kappa shape index (κ1) is 17.8. The molecule has 0 saturated heterocycles. The van der Waals surface area contributed by atoms with Gasteiger partial charge in [0.1, 0.15) is 0 Å². The fourth-order valence-corrected chi connectivity index (χ4v) is 2.65. The summed E-state index contributed by atoms with van der Waals surface area (Å²) in [6.07, 6.45) is -0.154. The fourth-order valence-electron chi connectivity index (χ4n) is 1.53. The van der Waals surface area contributed by atoms with Crippen LogP contribution in [-0.4, -0.2) is 67.0 Å². The number of likely N-dealkylation sites (N-methyl/N-ethyl adjacent to an activating group) is 2. The van der Waals surface area contributed by atoms with E-state index in [1.165, 1.54) is 7.05 Å². The average Bonchev–Trinajstić information content (AvgIpc) is 2.29. The number of nitrogens with zero attached hydrogens (tertiary/aromatic N) is 2. The maximum atomic E-state index is 11.8. The van der Waals surface area contributed by atoms with E-state index in [0.717, 1.165) is 4.31 Å². The lowest BCUT2D eigenvalue weighted by molar-refractivity contribution is -0.137. The van der Waals surface area contributed by atoms with Crippen molar-refractivity contribution in [1.82, 2.24) is 9.21 Å². The van der Waals surface area contributed by atoms with Crippen LogP contribution >= 0.6 is 0 Å². The minimum atomic E-state index is -3.58. The van der Waals surface area contributed by atoms with Crippen molar-refractivity contribution in [2.45, 2.75) is 26.7 Å². The molecule has 7 nitrogen and oxygen atoms in total. The number of hydrogen-bond acceptors (Lipinski definition) is 4. The zero-order valence-electron chi connectivity index (χ0n) is 11.6. The van der Waals surface area contributed by atoms with E-state index in [9.17, 15) is 18.0 Å². The molecule has 0 aromatic carbocycles. The lowest BCUT2D eigenvalue weighted by Gasteiger charge is -2.22. The van der Waals surface area contributed by atoms with Crippen LogP contribution < -0.4 is 0 Å². The maximum Gasteiger partial charge on any atom is 0.303 e. The number of hydrogen-bond donors (Lipinski definition) is 1. The Morgan fingerprint density at radius 1 is 1.16 bits per heavy atom. The van der Waals surface area contributed by atoms with Crippen molar-refractivity contribution in [2.24, 2.45) is 0 Å². The first-order chi connectivity index (χ1) is 8.74. The molecule has 0 aliphatic rings. The van der Waals surface area contributed by atoms with Crippen LogP contribution in [0.5, 0.6) is 0 Å². The summed E-state index contributed by atoms with van der Waals surface area (Å²) in [7, 11) is -2.25. The fraction of sp³-hybridized carbons (Fsp3) is 0.818. The Kier molecular flexibility index (Phi) is 7.62. The molecule has 0 aliphatic carbocycles. The molecule has 112 valence electrons. The van der Waals surface area contributed by atoms with Crippen LogP contribution in [0.3, 0.4) is 0 Å². The van der Waals surface area contributed by atoms with E-state index in [1.807, 2.05) is 13.8 Å². The van der Waals surface area contributed by atoms with Gasteiger partial charge in [-0.1, -0.05) is 0 Å². The molecule has 0 fully saturated rings. The number of sulfonamides is 1. The van der Waals surface area contributed by atoms with E-state index >= 15 is 0 Å². The predicted octanol–water partition coefficient (Wildman–Crippen LogP) is -0.0188. The van der Waals surface area contributed by atoms with Crippen molar-refractivity contribution >= 4 is 21.9 Å². The van der Waals surface area contributed by atoms with Gasteiger partial charge in [0.15, 0.2) is 0 Å². The Hall–Kier alpha value is -1.15. The van der Waals surface area contributed by atoms with Gasteiger partial charge in [0, 0.05) is 26.6 Å². The molecule has 8 heteroatoms. The highest BCUT2D eigenvalue weighted by atomic mass is 32.2. The second kappa shape index (κ2) is 8.11. The molecule has 0 bridgehead atoms. The van der Waals surface area contributed by atoms with Crippen molar-refractivity contribution in [1.29, 1.82) is 0 Å². The van der Waals surface area contributed by atoms with Gasteiger partial charge < -0.3 is 10.0 Å². The molecule has 0 unspecified atom stereocenters. The summed E-state index contributed by atoms with van der Waals surface area (Å²) in [5.41, 5.74) is 0. The van der Waals surface area contributed by atoms with Crippen molar-refractivity contribution in [3.8, 4) is 0 Å². The molecular formula is C11H22N2O5S. The third-order valence-corrected chi connectivity index (χ3v) is 4.63. The van der Waals surface area contributed by atoms with Gasteiger partial charge >= 0.3 is 5.97 Å². The molecule has 0 spiro atoms. The molecule has 0 saturated carbocycles. The summed E-state index contributed by atoms with van der Waals surface area (Å²) in [4.78, 5) is 23.6. The molecular weight excluding hydrogens is 272 g/mol. The summed E-state index contributed by atoms with van der Waals surface area (Å²) in [6.45, 7) is 4.49. The normalized spacial score (nSPS) is 11.6. The molecule has 0 radical (unpaired) electrons. The van der Waals surface area contributed by atoms with Gasteiger partial charge in [0.25, 0.3) is 0 Å². The topological polar surface area (TPSA) is 95.0 Å². The third-order valence-electron chi connectivity index (χ3n) is 2.74. The van der Waals surface area contributed by atoms with Gasteiger partial charge in [0.2, 0.25) is 15.9 Å². The van der Waals surface area contributed by atoms with Crippen molar-refractivity contribution in [2.75, 3.05) is 32.4 Å². The molecule has 0 heterocycles. The van der Waals surface area contributed by atoms with Gasteiger partial charge in [-0.3, -0.25) is 9.59 Å². The highest BCUT2D eigenvalue weighted by molar-refractivity contribution is 7.89. The van der Waals surface area contributed by atoms with Crippen molar-refractivity contribution in [3.63, 3.8) is 0 Å². The minimum absolute atomic E-state index is 0.0431. The Bertz CT molecular complexity index is 403. The Balaban J connectivity index is 4.42. The molecule has 19 heavy (non-hydrogen) atoms. The van der Waals surface area contributed by atoms with Crippen LogP contribution in [0, 0.1) is 0 Å². The zero-order valence-corrected chi connectivity index (χ0v) is 12.4. The Morgan fingerprint density at radius 3 is 2.11 bits per heavy atom. The molecule has 1 N–H and O–H groups in total. The highest BCUT2D eigenvalue weighted by Gasteiger charge is 2.22. The van der Waals surface area contributed by atoms with E-state index in [0.29, 0.717) is 13.1 Å². The first-order valence-corrected chi connectivity index (χ1v) is 7.79. The van der Waals surface area contributed by atoms with Crippen LogP contribution in [0.2, 0.25) is 0 Å². The van der Waals surface area contributed by atoms with E-state index in [2.05, 4.69) is 0 Å². The number of amides is 1. The number of carboxylic acid groups (broad SMARTS) is 1. The second-order valence-corrected chi connectivity index (χ2v) is 6.33. The summed E-state index contributed by atoms with van der Waals surface area (Å²) in [6, 6.07) is 0. The quantitative estimate of drug-likeness (QED) is 0.645. The van der Waals surface area contributed by atoms with E-state index in [-0.39, 0.29) is 31.0 Å². The summed E-state index contributed by atoms with van der Waals surface area (Å²) >= 11 is 0. The number of aliphatic carboxylic acids is 1.